The molecule has 0 spiro atoms. The fourth-order valence-electron chi connectivity index (χ4n) is 4.88. The Hall–Kier alpha value is -4.18. The Morgan fingerprint density at radius 1 is 0.579 bits per heavy atom. The van der Waals surface area contributed by atoms with Crippen LogP contribution < -0.4 is 4.74 Å². The molecular weight excluding hydrogens is 472 g/mol. The van der Waals surface area contributed by atoms with Crippen molar-refractivity contribution in [3.05, 3.63) is 123 Å². The summed E-state index contributed by atoms with van der Waals surface area (Å²) in [7, 11) is 1.36. The third kappa shape index (κ3) is 5.55. The first-order valence-electron chi connectivity index (χ1n) is 12.8. The Kier molecular flexibility index (Phi) is 7.82. The summed E-state index contributed by atoms with van der Waals surface area (Å²) >= 11 is 0. The number of esters is 2. The molecule has 4 aromatic rings. The molecule has 0 heterocycles. The topological polar surface area (TPSA) is 52.6 Å². The third-order valence-electron chi connectivity index (χ3n) is 7.34. The Bertz CT molecular complexity index is 1500. The van der Waals surface area contributed by atoms with Gasteiger partial charge in [0.05, 0.1) is 18.2 Å². The molecule has 0 N–H and O–H groups in total. The zero-order chi connectivity index (χ0) is 27.6. The van der Waals surface area contributed by atoms with Gasteiger partial charge in [-0.15, -0.1) is 0 Å². The largest absolute Gasteiger partial charge is 0.465 e. The first kappa shape index (κ1) is 26.9. The van der Waals surface area contributed by atoms with Crippen LogP contribution in [0.1, 0.15) is 72.5 Å². The third-order valence-corrected chi connectivity index (χ3v) is 7.34. The van der Waals surface area contributed by atoms with E-state index in [0.717, 1.165) is 22.3 Å². The van der Waals surface area contributed by atoms with Crippen LogP contribution in [-0.2, 0) is 4.74 Å². The number of ether oxygens (including phenoxy) is 2. The maximum absolute atomic E-state index is 13.0. The van der Waals surface area contributed by atoms with Gasteiger partial charge in [-0.05, 0) is 115 Å². The molecule has 0 aliphatic rings. The van der Waals surface area contributed by atoms with Crippen LogP contribution in [-0.4, -0.2) is 19.0 Å². The lowest BCUT2D eigenvalue weighted by Crippen LogP contribution is -2.10. The molecule has 0 aliphatic heterocycles. The van der Waals surface area contributed by atoms with Crippen LogP contribution in [0.5, 0.6) is 5.75 Å². The van der Waals surface area contributed by atoms with Crippen LogP contribution in [0.2, 0.25) is 0 Å². The summed E-state index contributed by atoms with van der Waals surface area (Å²) in [6.45, 7) is 12.7. The van der Waals surface area contributed by atoms with Crippen molar-refractivity contribution < 1.29 is 19.1 Å². The molecule has 4 aromatic carbocycles. The van der Waals surface area contributed by atoms with Gasteiger partial charge in [0.1, 0.15) is 5.75 Å². The van der Waals surface area contributed by atoms with Crippen molar-refractivity contribution in [1.29, 1.82) is 0 Å². The Labute approximate surface area is 225 Å². The van der Waals surface area contributed by atoms with E-state index < -0.39 is 5.97 Å². The van der Waals surface area contributed by atoms with Gasteiger partial charge in [0.25, 0.3) is 0 Å². The summed E-state index contributed by atoms with van der Waals surface area (Å²) in [5.74, 6) is 0.0311. The summed E-state index contributed by atoms with van der Waals surface area (Å²) in [6, 6.07) is 23.1. The number of benzene rings is 4. The monoisotopic (exact) mass is 506 g/mol. The van der Waals surface area contributed by atoms with Gasteiger partial charge in [-0.2, -0.15) is 0 Å². The molecule has 1 atom stereocenters. The number of hydrogen-bond acceptors (Lipinski definition) is 4. The van der Waals surface area contributed by atoms with E-state index in [1.165, 1.54) is 34.9 Å². The van der Waals surface area contributed by atoms with E-state index >= 15 is 0 Å². The smallest absolute Gasteiger partial charge is 0.343 e. The van der Waals surface area contributed by atoms with Crippen LogP contribution in [0.4, 0.5) is 0 Å². The average Bonchev–Trinajstić information content (AvgIpc) is 2.92. The van der Waals surface area contributed by atoms with Crippen LogP contribution in [0.15, 0.2) is 72.8 Å². The minimum Gasteiger partial charge on any atom is -0.465 e. The van der Waals surface area contributed by atoms with E-state index in [0.29, 0.717) is 16.9 Å². The van der Waals surface area contributed by atoms with E-state index in [-0.39, 0.29) is 11.9 Å². The van der Waals surface area contributed by atoms with Gasteiger partial charge in [-0.1, -0.05) is 49.4 Å². The van der Waals surface area contributed by atoms with Crippen molar-refractivity contribution in [2.75, 3.05) is 7.11 Å². The zero-order valence-electron chi connectivity index (χ0n) is 23.1. The van der Waals surface area contributed by atoms with Crippen molar-refractivity contribution >= 4 is 11.9 Å². The fourth-order valence-corrected chi connectivity index (χ4v) is 4.88. The van der Waals surface area contributed by atoms with Crippen LogP contribution in [0, 0.1) is 34.6 Å². The lowest BCUT2D eigenvalue weighted by Gasteiger charge is -2.21. The van der Waals surface area contributed by atoms with Gasteiger partial charge in [0, 0.05) is 5.92 Å². The molecule has 0 amide bonds. The van der Waals surface area contributed by atoms with E-state index in [1.807, 2.05) is 37.3 Å². The van der Waals surface area contributed by atoms with Crippen molar-refractivity contribution in [1.82, 2.24) is 0 Å². The van der Waals surface area contributed by atoms with E-state index in [2.05, 4.69) is 52.8 Å². The highest BCUT2D eigenvalue weighted by Gasteiger charge is 2.18. The molecule has 38 heavy (non-hydrogen) atoms. The lowest BCUT2D eigenvalue weighted by atomic mass is 9.85. The van der Waals surface area contributed by atoms with Gasteiger partial charge < -0.3 is 9.47 Å². The number of carbonyl (C=O) groups is 2. The molecule has 4 rings (SSSR count). The summed E-state index contributed by atoms with van der Waals surface area (Å²) in [6.07, 6.45) is 0. The Morgan fingerprint density at radius 2 is 1.03 bits per heavy atom. The number of aryl methyl sites for hydroxylation is 5. The van der Waals surface area contributed by atoms with Gasteiger partial charge in [-0.25, -0.2) is 9.59 Å². The molecule has 0 saturated carbocycles. The second kappa shape index (κ2) is 11.1. The zero-order valence-corrected chi connectivity index (χ0v) is 23.1. The molecule has 0 aliphatic carbocycles. The number of methoxy groups -OCH3 is 1. The molecule has 0 fully saturated rings. The number of rotatable bonds is 6. The molecule has 0 bridgehead atoms. The lowest BCUT2D eigenvalue weighted by molar-refractivity contribution is 0.0600. The molecule has 0 radical (unpaired) electrons. The highest BCUT2D eigenvalue weighted by Crippen LogP contribution is 2.34. The standard InChI is InChI=1S/C34H34O4/c1-20-16-22(3)30(17-21(20)2)25(6)31-18-24(5)32(19-23(31)4)38-34(36)29-14-10-27(11-15-29)26-8-12-28(13-9-26)33(35)37-7/h8-19,25H,1-7H3. The van der Waals surface area contributed by atoms with Crippen molar-refractivity contribution in [3.63, 3.8) is 0 Å². The van der Waals surface area contributed by atoms with E-state index in [4.69, 9.17) is 9.47 Å². The summed E-state index contributed by atoms with van der Waals surface area (Å²) in [5, 5.41) is 0. The van der Waals surface area contributed by atoms with Crippen LogP contribution in [0.3, 0.4) is 0 Å². The predicted molar refractivity (Wildman–Crippen MR) is 152 cm³/mol. The van der Waals surface area contributed by atoms with Gasteiger partial charge >= 0.3 is 11.9 Å². The quantitative estimate of drug-likeness (QED) is 0.196. The summed E-state index contributed by atoms with van der Waals surface area (Å²) in [4.78, 5) is 24.6. The predicted octanol–water partition coefficient (Wildman–Crippen LogP) is 8.05. The van der Waals surface area contributed by atoms with Crippen molar-refractivity contribution in [2.45, 2.75) is 47.5 Å². The SMILES string of the molecule is COC(=O)c1ccc(-c2ccc(C(=O)Oc3cc(C)c(C(C)c4cc(C)c(C)cc4C)cc3C)cc2)cc1. The minimum atomic E-state index is -0.397. The second-order valence-corrected chi connectivity index (χ2v) is 10.0. The molecule has 1 unspecified atom stereocenters. The van der Waals surface area contributed by atoms with Crippen molar-refractivity contribution in [2.24, 2.45) is 0 Å². The van der Waals surface area contributed by atoms with Crippen LogP contribution >= 0.6 is 0 Å². The van der Waals surface area contributed by atoms with E-state index in [1.54, 1.807) is 24.3 Å². The molecule has 0 aromatic heterocycles. The summed E-state index contributed by atoms with van der Waals surface area (Å²) in [5.41, 5.74) is 11.3. The normalized spacial score (nSPS) is 11.7. The fraction of sp³-hybridized carbons (Fsp3) is 0.235. The first-order valence-corrected chi connectivity index (χ1v) is 12.8. The minimum absolute atomic E-state index is 0.229. The van der Waals surface area contributed by atoms with Crippen LogP contribution in [0.25, 0.3) is 11.1 Å². The van der Waals surface area contributed by atoms with E-state index in [9.17, 15) is 9.59 Å². The Balaban J connectivity index is 1.51. The highest BCUT2D eigenvalue weighted by atomic mass is 16.5. The molecule has 194 valence electrons. The second-order valence-electron chi connectivity index (χ2n) is 10.0. The van der Waals surface area contributed by atoms with Gasteiger partial charge in [0.15, 0.2) is 0 Å². The van der Waals surface area contributed by atoms with Crippen molar-refractivity contribution in [3.8, 4) is 16.9 Å². The molecule has 4 nitrogen and oxygen atoms in total. The molecule has 4 heteroatoms. The first-order chi connectivity index (χ1) is 18.1. The van der Waals surface area contributed by atoms with Gasteiger partial charge in [0.2, 0.25) is 0 Å². The summed E-state index contributed by atoms with van der Waals surface area (Å²) < 4.78 is 10.6. The highest BCUT2D eigenvalue weighted by molar-refractivity contribution is 5.92. The number of hydrogen-bond donors (Lipinski definition) is 0. The van der Waals surface area contributed by atoms with Gasteiger partial charge in [-0.3, -0.25) is 0 Å². The maximum atomic E-state index is 13.0. The molecular formula is C34H34O4. The Morgan fingerprint density at radius 3 is 1.55 bits per heavy atom. The number of carbonyl (C=O) groups excluding carboxylic acids is 2. The average molecular weight is 507 g/mol. The molecule has 0 saturated heterocycles. The maximum Gasteiger partial charge on any atom is 0.343 e.